The van der Waals surface area contributed by atoms with Crippen LogP contribution in [0, 0.1) is 11.7 Å². The second-order valence-electron chi connectivity index (χ2n) is 9.51. The zero-order valence-corrected chi connectivity index (χ0v) is 21.2. The summed E-state index contributed by atoms with van der Waals surface area (Å²) in [5, 5.41) is 2.91. The van der Waals surface area contributed by atoms with Crippen molar-refractivity contribution in [2.24, 2.45) is 5.92 Å². The first kappa shape index (κ1) is 26.2. The van der Waals surface area contributed by atoms with E-state index in [9.17, 15) is 14.0 Å². The van der Waals surface area contributed by atoms with E-state index in [1.165, 1.54) is 17.7 Å². The fourth-order valence-electron chi connectivity index (χ4n) is 4.46. The lowest BCUT2D eigenvalue weighted by Crippen LogP contribution is -2.49. The van der Waals surface area contributed by atoms with Gasteiger partial charge in [0.25, 0.3) is 0 Å². The van der Waals surface area contributed by atoms with Crippen molar-refractivity contribution in [3.05, 3.63) is 90.2 Å². The molecule has 2 amide bonds. The number of amides is 2. The molecule has 1 N–H and O–H groups in total. The fourth-order valence-corrected chi connectivity index (χ4v) is 4.46. The third-order valence-electron chi connectivity index (χ3n) is 6.52. The van der Waals surface area contributed by atoms with Gasteiger partial charge in [0.05, 0.1) is 6.61 Å². The highest BCUT2D eigenvalue weighted by Gasteiger charge is 2.23. The number of nitrogens with zero attached hydrogens (tertiary/aromatic N) is 2. The summed E-state index contributed by atoms with van der Waals surface area (Å²) in [6.07, 6.45) is 1.44. The molecule has 6 nitrogen and oxygen atoms in total. The molecular weight excluding hydrogens is 469 g/mol. The molecule has 1 heterocycles. The topological polar surface area (TPSA) is 61.9 Å². The van der Waals surface area contributed by atoms with Gasteiger partial charge in [0.2, 0.25) is 11.8 Å². The van der Waals surface area contributed by atoms with Crippen LogP contribution < -0.4 is 15.0 Å². The first-order valence-corrected chi connectivity index (χ1v) is 12.8. The molecule has 1 saturated heterocycles. The predicted octanol–water partition coefficient (Wildman–Crippen LogP) is 5.15. The van der Waals surface area contributed by atoms with Crippen LogP contribution in [0.3, 0.4) is 0 Å². The number of benzene rings is 3. The van der Waals surface area contributed by atoms with Crippen LogP contribution in [0.15, 0.2) is 78.9 Å². The fraction of sp³-hybridized carbons (Fsp3) is 0.333. The SMILES string of the molecule is C[C@H](CC(=O)Nc1ccc(OCCc2ccccc2)cc1)CC(=O)N1CCN(c2ccc(F)cc2)CC1. The number of carbonyl (C=O) groups is 2. The Morgan fingerprint density at radius 2 is 1.57 bits per heavy atom. The molecule has 1 aliphatic heterocycles. The summed E-state index contributed by atoms with van der Waals surface area (Å²) in [5.74, 6) is 0.391. The molecule has 0 saturated carbocycles. The van der Waals surface area contributed by atoms with Gasteiger partial charge in [0.1, 0.15) is 11.6 Å². The van der Waals surface area contributed by atoms with E-state index < -0.39 is 0 Å². The summed E-state index contributed by atoms with van der Waals surface area (Å²) < 4.78 is 19.0. The van der Waals surface area contributed by atoms with Crippen molar-refractivity contribution in [3.8, 4) is 5.75 Å². The number of nitrogens with one attached hydrogen (secondary N) is 1. The van der Waals surface area contributed by atoms with Crippen molar-refractivity contribution >= 4 is 23.2 Å². The van der Waals surface area contributed by atoms with E-state index in [0.29, 0.717) is 44.9 Å². The number of piperazine rings is 1. The van der Waals surface area contributed by atoms with Gasteiger partial charge in [-0.2, -0.15) is 0 Å². The Labute approximate surface area is 218 Å². The molecule has 3 aromatic carbocycles. The number of hydrogen-bond donors (Lipinski definition) is 1. The summed E-state index contributed by atoms with van der Waals surface area (Å²) >= 11 is 0. The standard InChI is InChI=1S/C30H34FN3O3/c1-23(22-30(36)34-18-16-33(17-19-34)27-11-7-25(31)8-12-27)21-29(35)32-26-9-13-28(14-10-26)37-20-15-24-5-3-2-4-6-24/h2-14,23H,15-22H2,1H3,(H,32,35)/t23-/m1/s1. The molecule has 7 heteroatoms. The highest BCUT2D eigenvalue weighted by Crippen LogP contribution is 2.20. The van der Waals surface area contributed by atoms with Gasteiger partial charge in [-0.3, -0.25) is 9.59 Å². The number of rotatable bonds is 10. The van der Waals surface area contributed by atoms with Crippen LogP contribution >= 0.6 is 0 Å². The lowest BCUT2D eigenvalue weighted by atomic mass is 10.0. The number of carbonyl (C=O) groups excluding carboxylic acids is 2. The molecule has 0 unspecified atom stereocenters. The maximum absolute atomic E-state index is 13.2. The van der Waals surface area contributed by atoms with Crippen molar-refractivity contribution < 1.29 is 18.7 Å². The number of halogens is 1. The summed E-state index contributed by atoms with van der Waals surface area (Å²) in [5.41, 5.74) is 2.90. The van der Waals surface area contributed by atoms with Crippen molar-refractivity contribution in [1.82, 2.24) is 4.90 Å². The summed E-state index contributed by atoms with van der Waals surface area (Å²) in [4.78, 5) is 29.3. The zero-order valence-electron chi connectivity index (χ0n) is 21.2. The number of hydrogen-bond acceptors (Lipinski definition) is 4. The lowest BCUT2D eigenvalue weighted by Gasteiger charge is -2.36. The van der Waals surface area contributed by atoms with Gasteiger partial charge in [-0.15, -0.1) is 0 Å². The minimum atomic E-state index is -0.254. The molecular formula is C30H34FN3O3. The Hall–Kier alpha value is -3.87. The van der Waals surface area contributed by atoms with E-state index in [4.69, 9.17) is 4.74 Å². The number of ether oxygens (including phenoxy) is 1. The number of anilines is 2. The third-order valence-corrected chi connectivity index (χ3v) is 6.52. The van der Waals surface area contributed by atoms with Gasteiger partial charge in [0, 0.05) is 56.8 Å². The molecule has 1 aliphatic rings. The van der Waals surface area contributed by atoms with Gasteiger partial charge < -0.3 is 19.9 Å². The smallest absolute Gasteiger partial charge is 0.224 e. The minimum absolute atomic E-state index is 0.0658. The van der Waals surface area contributed by atoms with Crippen molar-refractivity contribution in [1.29, 1.82) is 0 Å². The molecule has 4 rings (SSSR count). The summed E-state index contributed by atoms with van der Waals surface area (Å²) in [7, 11) is 0. The van der Waals surface area contributed by atoms with Gasteiger partial charge in [0.15, 0.2) is 0 Å². The van der Waals surface area contributed by atoms with Crippen LogP contribution in [0.25, 0.3) is 0 Å². The van der Waals surface area contributed by atoms with Crippen LogP contribution in [-0.2, 0) is 16.0 Å². The first-order chi connectivity index (χ1) is 18.0. The monoisotopic (exact) mass is 503 g/mol. The normalized spacial score (nSPS) is 14.2. The van der Waals surface area contributed by atoms with Crippen molar-refractivity contribution in [3.63, 3.8) is 0 Å². The van der Waals surface area contributed by atoms with Gasteiger partial charge >= 0.3 is 0 Å². The average molecular weight is 504 g/mol. The van der Waals surface area contributed by atoms with Gasteiger partial charge in [-0.25, -0.2) is 4.39 Å². The first-order valence-electron chi connectivity index (χ1n) is 12.8. The molecule has 0 aliphatic carbocycles. The highest BCUT2D eigenvalue weighted by atomic mass is 19.1. The highest BCUT2D eigenvalue weighted by molar-refractivity contribution is 5.91. The molecule has 0 aromatic heterocycles. The van der Waals surface area contributed by atoms with E-state index in [-0.39, 0.29) is 30.0 Å². The van der Waals surface area contributed by atoms with Crippen LogP contribution in [0.2, 0.25) is 0 Å². The molecule has 0 spiro atoms. The van der Waals surface area contributed by atoms with Crippen LogP contribution in [0.4, 0.5) is 15.8 Å². The van der Waals surface area contributed by atoms with E-state index >= 15 is 0 Å². The summed E-state index contributed by atoms with van der Waals surface area (Å²) in [6.45, 7) is 5.17. The second kappa shape index (κ2) is 12.9. The molecule has 37 heavy (non-hydrogen) atoms. The van der Waals surface area contributed by atoms with Crippen LogP contribution in [0.1, 0.15) is 25.3 Å². The lowest BCUT2D eigenvalue weighted by molar-refractivity contribution is -0.132. The Morgan fingerprint density at radius 1 is 0.892 bits per heavy atom. The largest absolute Gasteiger partial charge is 0.493 e. The van der Waals surface area contributed by atoms with Crippen LogP contribution in [-0.4, -0.2) is 49.5 Å². The maximum atomic E-state index is 13.2. The Kier molecular flexibility index (Phi) is 9.13. The third kappa shape index (κ3) is 8.07. The minimum Gasteiger partial charge on any atom is -0.493 e. The molecule has 3 aromatic rings. The average Bonchev–Trinajstić information content (AvgIpc) is 2.91. The van der Waals surface area contributed by atoms with Crippen molar-refractivity contribution in [2.45, 2.75) is 26.2 Å². The molecule has 0 radical (unpaired) electrons. The Bertz CT molecular complexity index is 1140. The van der Waals surface area contributed by atoms with E-state index in [0.717, 1.165) is 17.9 Å². The predicted molar refractivity (Wildman–Crippen MR) is 144 cm³/mol. The second-order valence-corrected chi connectivity index (χ2v) is 9.51. The Morgan fingerprint density at radius 3 is 2.24 bits per heavy atom. The summed E-state index contributed by atoms with van der Waals surface area (Å²) in [6, 6.07) is 24.0. The molecule has 1 fully saturated rings. The van der Waals surface area contributed by atoms with Gasteiger partial charge in [-0.05, 0) is 60.0 Å². The van der Waals surface area contributed by atoms with Crippen molar-refractivity contribution in [2.75, 3.05) is 43.0 Å². The van der Waals surface area contributed by atoms with E-state index in [1.54, 1.807) is 12.1 Å². The molecule has 1 atom stereocenters. The van der Waals surface area contributed by atoms with E-state index in [1.807, 2.05) is 54.3 Å². The quantitative estimate of drug-likeness (QED) is 0.416. The zero-order chi connectivity index (χ0) is 26.0. The molecule has 194 valence electrons. The van der Waals surface area contributed by atoms with E-state index in [2.05, 4.69) is 22.3 Å². The van der Waals surface area contributed by atoms with Gasteiger partial charge in [-0.1, -0.05) is 37.3 Å². The van der Waals surface area contributed by atoms with Crippen LogP contribution in [0.5, 0.6) is 5.75 Å². The molecule has 0 bridgehead atoms. The maximum Gasteiger partial charge on any atom is 0.224 e. The Balaban J connectivity index is 1.15.